The van der Waals surface area contributed by atoms with Crippen LogP contribution in [0.15, 0.2) is 48.5 Å². The summed E-state index contributed by atoms with van der Waals surface area (Å²) in [4.78, 5) is 16.1. The molecule has 0 atom stereocenters. The highest BCUT2D eigenvalue weighted by molar-refractivity contribution is 6.30. The van der Waals surface area contributed by atoms with Crippen LogP contribution >= 0.6 is 11.6 Å². The highest BCUT2D eigenvalue weighted by Crippen LogP contribution is 2.22. The van der Waals surface area contributed by atoms with Gasteiger partial charge in [-0.2, -0.15) is 0 Å². The Labute approximate surface area is 148 Å². The third-order valence-electron chi connectivity index (χ3n) is 3.28. The number of aromatic nitrogens is 2. The topological polar surface area (TPSA) is 89.2 Å². The van der Waals surface area contributed by atoms with Crippen LogP contribution in [0.25, 0.3) is 11.0 Å². The first-order valence-electron chi connectivity index (χ1n) is 7.52. The van der Waals surface area contributed by atoms with Gasteiger partial charge in [-0.3, -0.25) is 10.7 Å². The number of nitrogens with zero attached hydrogens (tertiary/aromatic N) is 2. The lowest BCUT2D eigenvalue weighted by Crippen LogP contribution is -2.23. The third kappa shape index (κ3) is 3.72. The van der Waals surface area contributed by atoms with Gasteiger partial charge in [-0.25, -0.2) is 14.3 Å². The van der Waals surface area contributed by atoms with Crippen LogP contribution in [-0.4, -0.2) is 28.3 Å². The standard InChI is InChI=1S/C17H15ClN4O3/c1-2-24-17(23)21-16-20-13-5-3-4-6-14(13)22(16)15(19)25-12-9-7-11(18)8-10-12/h3-10,19H,2H2,1H3,(H,20,21,23). The summed E-state index contributed by atoms with van der Waals surface area (Å²) in [6.07, 6.45) is -0.654. The Morgan fingerprint density at radius 2 is 1.96 bits per heavy atom. The third-order valence-corrected chi connectivity index (χ3v) is 3.53. The first-order chi connectivity index (χ1) is 12.1. The SMILES string of the molecule is CCOC(=O)Nc1nc2ccccc2n1C(=N)Oc1ccc(Cl)cc1. The molecule has 128 valence electrons. The van der Waals surface area contributed by atoms with E-state index in [1.165, 1.54) is 4.57 Å². The summed E-state index contributed by atoms with van der Waals surface area (Å²) in [5.41, 5.74) is 1.23. The number of carbonyl (C=O) groups excluding carboxylic acids is 1. The molecule has 0 saturated carbocycles. The molecule has 0 aliphatic rings. The molecule has 2 N–H and O–H groups in total. The largest absolute Gasteiger partial charge is 0.450 e. The maximum Gasteiger partial charge on any atom is 0.413 e. The monoisotopic (exact) mass is 358 g/mol. The first kappa shape index (κ1) is 16.8. The molecule has 0 aliphatic carbocycles. The zero-order valence-corrected chi connectivity index (χ0v) is 14.1. The van der Waals surface area contributed by atoms with Crippen LogP contribution in [0.1, 0.15) is 6.92 Å². The minimum Gasteiger partial charge on any atom is -0.450 e. The van der Waals surface area contributed by atoms with Crippen LogP contribution < -0.4 is 10.1 Å². The molecule has 0 unspecified atom stereocenters. The van der Waals surface area contributed by atoms with Gasteiger partial charge in [-0.15, -0.1) is 0 Å². The Bertz CT molecular complexity index is 921. The Morgan fingerprint density at radius 3 is 2.68 bits per heavy atom. The van der Waals surface area contributed by atoms with Crippen LogP contribution in [0.3, 0.4) is 0 Å². The number of imidazole rings is 1. The van der Waals surface area contributed by atoms with Gasteiger partial charge in [-0.05, 0) is 43.3 Å². The van der Waals surface area contributed by atoms with Gasteiger partial charge in [-0.1, -0.05) is 23.7 Å². The molecule has 8 heteroatoms. The summed E-state index contributed by atoms with van der Waals surface area (Å²) in [7, 11) is 0. The second kappa shape index (κ2) is 7.23. The number of carbonyl (C=O) groups is 1. The number of fused-ring (bicyclic) bond motifs is 1. The van der Waals surface area contributed by atoms with Gasteiger partial charge >= 0.3 is 12.1 Å². The molecule has 0 aliphatic heterocycles. The lowest BCUT2D eigenvalue weighted by atomic mass is 10.3. The average molecular weight is 359 g/mol. The van der Waals surface area contributed by atoms with Crippen LogP contribution in [-0.2, 0) is 4.74 Å². The van der Waals surface area contributed by atoms with Gasteiger partial charge < -0.3 is 9.47 Å². The quantitative estimate of drug-likeness (QED) is 0.544. The molecule has 1 aromatic heterocycles. The van der Waals surface area contributed by atoms with E-state index in [0.29, 0.717) is 21.8 Å². The van der Waals surface area contributed by atoms with Crippen LogP contribution in [0, 0.1) is 5.41 Å². The normalized spacial score (nSPS) is 10.5. The second-order valence-electron chi connectivity index (χ2n) is 4.97. The van der Waals surface area contributed by atoms with E-state index < -0.39 is 6.09 Å². The van der Waals surface area contributed by atoms with Crippen molar-refractivity contribution in [1.82, 2.24) is 9.55 Å². The van der Waals surface area contributed by atoms with Gasteiger partial charge in [0.05, 0.1) is 17.6 Å². The van der Waals surface area contributed by atoms with E-state index in [1.807, 2.05) is 12.1 Å². The van der Waals surface area contributed by atoms with Crippen molar-refractivity contribution in [2.75, 3.05) is 11.9 Å². The van der Waals surface area contributed by atoms with Crippen LogP contribution in [0.4, 0.5) is 10.7 Å². The van der Waals surface area contributed by atoms with Crippen LogP contribution in [0.2, 0.25) is 5.02 Å². The van der Waals surface area contributed by atoms with E-state index in [9.17, 15) is 4.79 Å². The van der Waals surface area contributed by atoms with Crippen molar-refractivity contribution in [2.45, 2.75) is 6.92 Å². The second-order valence-corrected chi connectivity index (χ2v) is 5.40. The minimum absolute atomic E-state index is 0.138. The number of anilines is 1. The number of amides is 1. The Balaban J connectivity index is 1.96. The van der Waals surface area contributed by atoms with Gasteiger partial charge in [0.1, 0.15) is 5.75 Å². The Hall–Kier alpha value is -3.06. The zero-order valence-electron chi connectivity index (χ0n) is 13.3. The molecule has 0 bridgehead atoms. The van der Waals surface area contributed by atoms with E-state index in [0.717, 1.165) is 0 Å². The van der Waals surface area contributed by atoms with Crippen LogP contribution in [0.5, 0.6) is 5.75 Å². The Morgan fingerprint density at radius 1 is 1.24 bits per heavy atom. The average Bonchev–Trinajstić information content (AvgIpc) is 2.95. The number of para-hydroxylation sites is 2. The predicted octanol–water partition coefficient (Wildman–Crippen LogP) is 4.12. The molecule has 1 heterocycles. The molecular formula is C17H15ClN4O3. The highest BCUT2D eigenvalue weighted by Gasteiger charge is 2.18. The smallest absolute Gasteiger partial charge is 0.413 e. The molecule has 0 fully saturated rings. The molecule has 2 aromatic carbocycles. The molecular weight excluding hydrogens is 344 g/mol. The molecule has 3 aromatic rings. The summed E-state index contributed by atoms with van der Waals surface area (Å²) in [5, 5.41) is 11.4. The van der Waals surface area contributed by atoms with Gasteiger partial charge in [0.25, 0.3) is 0 Å². The number of rotatable bonds is 3. The van der Waals surface area contributed by atoms with E-state index in [2.05, 4.69) is 10.3 Å². The molecule has 3 rings (SSSR count). The van der Waals surface area contributed by atoms with E-state index in [1.54, 1.807) is 43.3 Å². The van der Waals surface area contributed by atoms with E-state index >= 15 is 0 Å². The van der Waals surface area contributed by atoms with Crippen molar-refractivity contribution < 1.29 is 14.3 Å². The fourth-order valence-electron chi connectivity index (χ4n) is 2.23. The summed E-state index contributed by atoms with van der Waals surface area (Å²) in [6, 6.07) is 13.6. The molecule has 25 heavy (non-hydrogen) atoms. The van der Waals surface area contributed by atoms with Crippen molar-refractivity contribution in [3.63, 3.8) is 0 Å². The van der Waals surface area contributed by atoms with Crippen molar-refractivity contribution in [1.29, 1.82) is 5.41 Å². The molecule has 0 radical (unpaired) electrons. The maximum atomic E-state index is 11.7. The lowest BCUT2D eigenvalue weighted by molar-refractivity contribution is 0.167. The maximum absolute atomic E-state index is 11.7. The van der Waals surface area contributed by atoms with Gasteiger partial charge in [0, 0.05) is 5.02 Å². The predicted molar refractivity (Wildman–Crippen MR) is 95.6 cm³/mol. The Kier molecular flexibility index (Phi) is 4.85. The molecule has 1 amide bonds. The highest BCUT2D eigenvalue weighted by atomic mass is 35.5. The number of hydrogen-bond donors (Lipinski definition) is 2. The molecule has 0 saturated heterocycles. The van der Waals surface area contributed by atoms with Gasteiger partial charge in [0.2, 0.25) is 5.95 Å². The van der Waals surface area contributed by atoms with Crippen molar-refractivity contribution in [3.8, 4) is 5.75 Å². The number of nitrogens with one attached hydrogen (secondary N) is 2. The van der Waals surface area contributed by atoms with E-state index in [-0.39, 0.29) is 18.6 Å². The number of benzene rings is 2. The molecule has 0 spiro atoms. The fourth-order valence-corrected chi connectivity index (χ4v) is 2.36. The minimum atomic E-state index is -0.654. The fraction of sp³-hybridized carbons (Fsp3) is 0.118. The number of halogens is 1. The summed E-state index contributed by atoms with van der Waals surface area (Å²) in [6.45, 7) is 1.93. The zero-order chi connectivity index (χ0) is 17.8. The number of ether oxygens (including phenoxy) is 2. The number of hydrogen-bond acceptors (Lipinski definition) is 5. The first-order valence-corrected chi connectivity index (χ1v) is 7.90. The summed E-state index contributed by atoms with van der Waals surface area (Å²) in [5.74, 6) is 0.577. The van der Waals surface area contributed by atoms with Crippen molar-refractivity contribution >= 4 is 40.7 Å². The summed E-state index contributed by atoms with van der Waals surface area (Å²) < 4.78 is 11.8. The van der Waals surface area contributed by atoms with Crippen molar-refractivity contribution in [2.24, 2.45) is 0 Å². The lowest BCUT2D eigenvalue weighted by Gasteiger charge is -2.12. The summed E-state index contributed by atoms with van der Waals surface area (Å²) >= 11 is 5.85. The van der Waals surface area contributed by atoms with E-state index in [4.69, 9.17) is 26.5 Å². The van der Waals surface area contributed by atoms with Gasteiger partial charge in [0.15, 0.2) is 0 Å². The molecule has 7 nitrogen and oxygen atoms in total. The van der Waals surface area contributed by atoms with Crippen molar-refractivity contribution in [3.05, 3.63) is 53.6 Å².